The van der Waals surface area contributed by atoms with Gasteiger partial charge in [-0.15, -0.1) is 0 Å². The molecule has 0 bridgehead atoms. The summed E-state index contributed by atoms with van der Waals surface area (Å²) in [4.78, 5) is 26.4. The summed E-state index contributed by atoms with van der Waals surface area (Å²) in [5.74, 6) is -1.60. The molecule has 1 amide bonds. The van der Waals surface area contributed by atoms with E-state index in [0.717, 1.165) is 0 Å². The summed E-state index contributed by atoms with van der Waals surface area (Å²) in [6.45, 7) is 2.06. The van der Waals surface area contributed by atoms with E-state index in [1.165, 1.54) is 34.5 Å². The van der Waals surface area contributed by atoms with Crippen LogP contribution in [0, 0.1) is 11.7 Å². The van der Waals surface area contributed by atoms with Gasteiger partial charge in [-0.25, -0.2) is 17.6 Å². The molecule has 0 aromatic heterocycles. The molecule has 1 aliphatic heterocycles. The molecule has 2 aromatic carbocycles. The zero-order valence-electron chi connectivity index (χ0n) is 18.3. The molecular formula is C23H27FN2O5S. The predicted molar refractivity (Wildman–Crippen MR) is 117 cm³/mol. The quantitative estimate of drug-likeness (QED) is 0.616. The van der Waals surface area contributed by atoms with Crippen molar-refractivity contribution in [1.82, 2.24) is 9.21 Å². The van der Waals surface area contributed by atoms with Crippen LogP contribution in [0.5, 0.6) is 0 Å². The van der Waals surface area contributed by atoms with E-state index in [4.69, 9.17) is 4.74 Å². The monoisotopic (exact) mass is 462 g/mol. The summed E-state index contributed by atoms with van der Waals surface area (Å²) < 4.78 is 46.4. The Labute approximate surface area is 187 Å². The second kappa shape index (κ2) is 9.79. The summed E-state index contributed by atoms with van der Waals surface area (Å²) in [6, 6.07) is 11.8. The van der Waals surface area contributed by atoms with Crippen molar-refractivity contribution in [1.29, 1.82) is 0 Å². The molecule has 2 aromatic rings. The average Bonchev–Trinajstić information content (AvgIpc) is 2.82. The molecule has 0 spiro atoms. The number of piperidine rings is 1. The van der Waals surface area contributed by atoms with Crippen molar-refractivity contribution in [2.45, 2.75) is 30.7 Å². The van der Waals surface area contributed by atoms with Crippen LogP contribution in [0.3, 0.4) is 0 Å². The Balaban J connectivity index is 1.70. The van der Waals surface area contributed by atoms with Crippen LogP contribution in [0.15, 0.2) is 53.4 Å². The summed E-state index contributed by atoms with van der Waals surface area (Å²) >= 11 is 0. The van der Waals surface area contributed by atoms with Gasteiger partial charge >= 0.3 is 5.97 Å². The van der Waals surface area contributed by atoms with Gasteiger partial charge in [-0.3, -0.25) is 4.79 Å². The van der Waals surface area contributed by atoms with Crippen LogP contribution in [0.1, 0.15) is 41.7 Å². The van der Waals surface area contributed by atoms with Crippen LogP contribution >= 0.6 is 0 Å². The van der Waals surface area contributed by atoms with E-state index in [9.17, 15) is 22.4 Å². The SMILES string of the molecule is COC(=O)c1ccccc1S(=O)(=O)N1CCC(C(=O)N(C)C(C)c2ccccc2F)CC1. The molecule has 0 radical (unpaired) electrons. The molecule has 1 unspecified atom stereocenters. The van der Waals surface area contributed by atoms with Crippen LogP contribution in [0.25, 0.3) is 0 Å². The van der Waals surface area contributed by atoms with Gasteiger partial charge in [-0.05, 0) is 38.0 Å². The minimum Gasteiger partial charge on any atom is -0.465 e. The Morgan fingerprint density at radius 1 is 1.09 bits per heavy atom. The minimum absolute atomic E-state index is 0.0216. The van der Waals surface area contributed by atoms with E-state index >= 15 is 0 Å². The third-order valence-electron chi connectivity index (χ3n) is 6.00. The van der Waals surface area contributed by atoms with Gasteiger partial charge in [0.05, 0.1) is 23.6 Å². The highest BCUT2D eigenvalue weighted by molar-refractivity contribution is 7.89. The number of rotatable bonds is 6. The molecule has 0 aliphatic carbocycles. The Hall–Kier alpha value is -2.78. The van der Waals surface area contributed by atoms with E-state index in [2.05, 4.69) is 0 Å². The van der Waals surface area contributed by atoms with Gasteiger partial charge in [-0.2, -0.15) is 4.31 Å². The number of esters is 1. The fraction of sp³-hybridized carbons (Fsp3) is 0.391. The number of benzene rings is 2. The minimum atomic E-state index is -3.92. The summed E-state index contributed by atoms with van der Waals surface area (Å²) in [5, 5.41) is 0. The lowest BCUT2D eigenvalue weighted by atomic mass is 9.95. The van der Waals surface area contributed by atoms with Gasteiger partial charge in [0, 0.05) is 31.6 Å². The first-order valence-electron chi connectivity index (χ1n) is 10.4. The maximum atomic E-state index is 14.1. The van der Waals surface area contributed by atoms with Crippen LogP contribution in [-0.4, -0.2) is 56.7 Å². The zero-order chi connectivity index (χ0) is 23.5. The van der Waals surface area contributed by atoms with Crippen molar-refractivity contribution in [3.05, 3.63) is 65.5 Å². The van der Waals surface area contributed by atoms with E-state index < -0.39 is 22.0 Å². The molecule has 0 N–H and O–H groups in total. The summed E-state index contributed by atoms with van der Waals surface area (Å²) in [5.41, 5.74) is 0.412. The molecule has 1 aliphatic rings. The lowest BCUT2D eigenvalue weighted by molar-refractivity contribution is -0.137. The number of ether oxygens (including phenoxy) is 1. The van der Waals surface area contributed by atoms with E-state index in [1.807, 2.05) is 0 Å². The number of sulfonamides is 1. The van der Waals surface area contributed by atoms with Gasteiger partial charge in [0.2, 0.25) is 15.9 Å². The lowest BCUT2D eigenvalue weighted by Crippen LogP contribution is -2.44. The van der Waals surface area contributed by atoms with Crippen LogP contribution in [0.4, 0.5) is 4.39 Å². The van der Waals surface area contributed by atoms with Gasteiger partial charge < -0.3 is 9.64 Å². The van der Waals surface area contributed by atoms with Crippen LogP contribution < -0.4 is 0 Å². The van der Waals surface area contributed by atoms with E-state index in [0.29, 0.717) is 18.4 Å². The summed E-state index contributed by atoms with van der Waals surface area (Å²) in [6.07, 6.45) is 0.680. The molecule has 1 fully saturated rings. The molecular weight excluding hydrogens is 435 g/mol. The Kier molecular flexibility index (Phi) is 7.30. The number of hydrogen-bond acceptors (Lipinski definition) is 5. The second-order valence-electron chi connectivity index (χ2n) is 7.81. The molecule has 1 heterocycles. The smallest absolute Gasteiger partial charge is 0.339 e. The number of amides is 1. The predicted octanol–water partition coefficient (Wildman–Crippen LogP) is 3.23. The van der Waals surface area contributed by atoms with Crippen LogP contribution in [0.2, 0.25) is 0 Å². The standard InChI is InChI=1S/C23H27FN2O5S/c1-16(18-8-4-6-10-20(18)24)25(2)22(27)17-12-14-26(15-13-17)32(29,30)21-11-7-5-9-19(21)23(28)31-3/h4-11,16-17H,12-15H2,1-3H3. The highest BCUT2D eigenvalue weighted by Gasteiger charge is 2.36. The highest BCUT2D eigenvalue weighted by atomic mass is 32.2. The zero-order valence-corrected chi connectivity index (χ0v) is 19.1. The molecule has 1 atom stereocenters. The van der Waals surface area contributed by atoms with E-state index in [1.54, 1.807) is 44.3 Å². The Morgan fingerprint density at radius 2 is 1.69 bits per heavy atom. The van der Waals surface area contributed by atoms with Gasteiger partial charge in [0.15, 0.2) is 0 Å². The first-order valence-corrected chi connectivity index (χ1v) is 11.8. The number of methoxy groups -OCH3 is 1. The average molecular weight is 463 g/mol. The first-order chi connectivity index (χ1) is 15.2. The topological polar surface area (TPSA) is 84.0 Å². The third kappa shape index (κ3) is 4.68. The van der Waals surface area contributed by atoms with Gasteiger partial charge in [-0.1, -0.05) is 30.3 Å². The largest absolute Gasteiger partial charge is 0.465 e. The molecule has 172 valence electrons. The van der Waals surface area contributed by atoms with Crippen molar-refractivity contribution >= 4 is 21.9 Å². The number of nitrogens with zero attached hydrogens (tertiary/aromatic N) is 2. The Morgan fingerprint density at radius 3 is 2.31 bits per heavy atom. The van der Waals surface area contributed by atoms with Crippen molar-refractivity contribution in [3.63, 3.8) is 0 Å². The van der Waals surface area contributed by atoms with E-state index in [-0.39, 0.29) is 41.2 Å². The molecule has 32 heavy (non-hydrogen) atoms. The van der Waals surface area contributed by atoms with Crippen molar-refractivity contribution in [3.8, 4) is 0 Å². The van der Waals surface area contributed by atoms with Crippen LogP contribution in [-0.2, 0) is 19.6 Å². The number of carbonyl (C=O) groups excluding carboxylic acids is 2. The normalized spacial score (nSPS) is 16.4. The van der Waals surface area contributed by atoms with Crippen molar-refractivity contribution in [2.24, 2.45) is 5.92 Å². The maximum absolute atomic E-state index is 14.1. The maximum Gasteiger partial charge on any atom is 0.339 e. The molecule has 3 rings (SSSR count). The van der Waals surface area contributed by atoms with Gasteiger partial charge in [0.1, 0.15) is 5.82 Å². The number of hydrogen-bond donors (Lipinski definition) is 0. The number of halogens is 1. The molecule has 0 saturated carbocycles. The van der Waals surface area contributed by atoms with Gasteiger partial charge in [0.25, 0.3) is 0 Å². The molecule has 1 saturated heterocycles. The fourth-order valence-electron chi connectivity index (χ4n) is 3.95. The Bertz CT molecular complexity index is 1100. The fourth-order valence-corrected chi connectivity index (χ4v) is 5.60. The van der Waals surface area contributed by atoms with Crippen molar-refractivity contribution in [2.75, 3.05) is 27.2 Å². The lowest BCUT2D eigenvalue weighted by Gasteiger charge is -2.34. The first kappa shape index (κ1) is 23.9. The number of carbonyl (C=O) groups is 2. The highest BCUT2D eigenvalue weighted by Crippen LogP contribution is 2.29. The molecule has 9 heteroatoms. The summed E-state index contributed by atoms with van der Waals surface area (Å²) in [7, 11) is -1.09. The second-order valence-corrected chi connectivity index (χ2v) is 9.72. The molecule has 7 nitrogen and oxygen atoms in total. The van der Waals surface area contributed by atoms with Crippen molar-refractivity contribution < 1.29 is 27.1 Å². The third-order valence-corrected chi connectivity index (χ3v) is 7.95.